The predicted molar refractivity (Wildman–Crippen MR) is 103 cm³/mol. The van der Waals surface area contributed by atoms with E-state index in [9.17, 15) is 20.2 Å². The topological polar surface area (TPSA) is 152 Å². The Balaban J connectivity index is 2.11. The molecule has 2 aromatic carbocycles. The van der Waals surface area contributed by atoms with Gasteiger partial charge in [0.1, 0.15) is 0 Å². The van der Waals surface area contributed by atoms with Gasteiger partial charge in [0.25, 0.3) is 11.4 Å². The van der Waals surface area contributed by atoms with Crippen molar-refractivity contribution in [1.82, 2.24) is 0 Å². The second kappa shape index (κ2) is 9.03. The summed E-state index contributed by atoms with van der Waals surface area (Å²) in [5, 5.41) is 40.2. The Morgan fingerprint density at radius 2 is 1.24 bits per heavy atom. The minimum Gasteiger partial charge on any atom is -0.390 e. The number of nitro groups is 2. The van der Waals surface area contributed by atoms with Gasteiger partial charge in [-0.3, -0.25) is 20.2 Å². The molecule has 0 aliphatic heterocycles. The fourth-order valence-electron chi connectivity index (χ4n) is 2.40. The van der Waals surface area contributed by atoms with Gasteiger partial charge in [0, 0.05) is 12.1 Å². The van der Waals surface area contributed by atoms with Crippen LogP contribution < -0.4 is 0 Å². The van der Waals surface area contributed by atoms with E-state index in [0.29, 0.717) is 11.1 Å². The third-order valence-corrected chi connectivity index (χ3v) is 5.65. The quantitative estimate of drug-likeness (QED) is 0.361. The highest BCUT2D eigenvalue weighted by molar-refractivity contribution is 6.64. The van der Waals surface area contributed by atoms with Gasteiger partial charge in [-0.2, -0.15) is 10.5 Å². The lowest BCUT2D eigenvalue weighted by molar-refractivity contribution is -0.385. The van der Waals surface area contributed by atoms with Crippen molar-refractivity contribution in [3.8, 4) is 12.1 Å². The standard InChI is InChI=1S/C18H16N4O6Si/c1-29(2,27-11-15-5-3-13(9-19)7-17(15)21(23)24)28-12-16-6-4-14(10-20)8-18(16)22(25)26/h3-8H,11-12H2,1-2H3. The zero-order valence-electron chi connectivity index (χ0n) is 15.6. The summed E-state index contributed by atoms with van der Waals surface area (Å²) in [6, 6.07) is 11.9. The molecule has 2 rings (SSSR count). The Morgan fingerprint density at radius 1 is 0.862 bits per heavy atom. The largest absolute Gasteiger partial charge is 0.390 e. The molecule has 0 bridgehead atoms. The van der Waals surface area contributed by atoms with Gasteiger partial charge in [0.2, 0.25) is 0 Å². The lowest BCUT2D eigenvalue weighted by Crippen LogP contribution is -2.34. The number of hydrogen-bond acceptors (Lipinski definition) is 8. The molecule has 0 heterocycles. The number of benzene rings is 2. The van der Waals surface area contributed by atoms with Gasteiger partial charge in [-0.1, -0.05) is 0 Å². The maximum atomic E-state index is 11.2. The van der Waals surface area contributed by atoms with E-state index in [4.69, 9.17) is 19.4 Å². The molecule has 0 aliphatic carbocycles. The Labute approximate surface area is 167 Å². The molecule has 29 heavy (non-hydrogen) atoms. The summed E-state index contributed by atoms with van der Waals surface area (Å²) in [4.78, 5) is 21.2. The summed E-state index contributed by atoms with van der Waals surface area (Å²) < 4.78 is 11.5. The number of rotatable bonds is 8. The van der Waals surface area contributed by atoms with Crippen molar-refractivity contribution >= 4 is 19.9 Å². The molecule has 0 radical (unpaired) electrons. The first-order valence-electron chi connectivity index (χ1n) is 8.29. The summed E-state index contributed by atoms with van der Waals surface area (Å²) in [5.41, 5.74) is 0.473. The fraction of sp³-hybridized carbons (Fsp3) is 0.222. The molecule has 0 N–H and O–H groups in total. The van der Waals surface area contributed by atoms with Crippen LogP contribution in [0, 0.1) is 42.9 Å². The van der Waals surface area contributed by atoms with Gasteiger partial charge in [0.15, 0.2) is 0 Å². The van der Waals surface area contributed by atoms with E-state index in [1.807, 2.05) is 12.1 Å². The van der Waals surface area contributed by atoms with Crippen molar-refractivity contribution in [2.75, 3.05) is 0 Å². The van der Waals surface area contributed by atoms with Crippen LogP contribution in [0.4, 0.5) is 11.4 Å². The Bertz CT molecular complexity index is 960. The van der Waals surface area contributed by atoms with E-state index >= 15 is 0 Å². The number of nitro benzene ring substituents is 2. The number of hydrogen-bond donors (Lipinski definition) is 0. The van der Waals surface area contributed by atoms with Gasteiger partial charge >= 0.3 is 8.56 Å². The highest BCUT2D eigenvalue weighted by Crippen LogP contribution is 2.25. The molecule has 0 amide bonds. The molecule has 11 heteroatoms. The van der Waals surface area contributed by atoms with E-state index in [1.54, 1.807) is 13.1 Å². The van der Waals surface area contributed by atoms with E-state index in [-0.39, 0.29) is 35.7 Å². The van der Waals surface area contributed by atoms with E-state index in [0.717, 1.165) is 0 Å². The van der Waals surface area contributed by atoms with Gasteiger partial charge < -0.3 is 8.85 Å². The SMILES string of the molecule is C[Si](C)(OCc1ccc(C#N)cc1[N+](=O)[O-])OCc1ccc(C#N)cc1[N+](=O)[O-]. The van der Waals surface area contributed by atoms with Crippen LogP contribution >= 0.6 is 0 Å². The van der Waals surface area contributed by atoms with Gasteiger partial charge in [-0.05, 0) is 37.4 Å². The summed E-state index contributed by atoms with van der Waals surface area (Å²) >= 11 is 0. The summed E-state index contributed by atoms with van der Waals surface area (Å²) in [5.74, 6) is 0. The minimum absolute atomic E-state index is 0.100. The van der Waals surface area contributed by atoms with Crippen molar-refractivity contribution in [3.05, 3.63) is 78.9 Å². The third kappa shape index (κ3) is 5.67. The average Bonchev–Trinajstić information content (AvgIpc) is 2.70. The Kier molecular flexibility index (Phi) is 6.74. The van der Waals surface area contributed by atoms with E-state index < -0.39 is 18.4 Å². The molecule has 0 spiro atoms. The molecule has 0 aliphatic rings. The van der Waals surface area contributed by atoms with Gasteiger partial charge in [-0.25, -0.2) is 0 Å². The molecule has 0 fully saturated rings. The lowest BCUT2D eigenvalue weighted by atomic mass is 10.1. The first-order chi connectivity index (χ1) is 13.7. The minimum atomic E-state index is -2.80. The zero-order chi connectivity index (χ0) is 21.6. The normalized spacial score (nSPS) is 10.8. The van der Waals surface area contributed by atoms with Crippen LogP contribution in [0.3, 0.4) is 0 Å². The monoisotopic (exact) mass is 412 g/mol. The highest BCUT2D eigenvalue weighted by atomic mass is 28.4. The van der Waals surface area contributed by atoms with Crippen LogP contribution in [-0.4, -0.2) is 18.4 Å². The summed E-state index contributed by atoms with van der Waals surface area (Å²) in [7, 11) is -2.80. The zero-order valence-corrected chi connectivity index (χ0v) is 16.6. The third-order valence-electron chi connectivity index (χ3n) is 3.97. The molecular weight excluding hydrogens is 396 g/mol. The highest BCUT2D eigenvalue weighted by Gasteiger charge is 2.28. The molecule has 0 saturated carbocycles. The van der Waals surface area contributed by atoms with Crippen LogP contribution in [0.1, 0.15) is 22.3 Å². The molecule has 0 unspecified atom stereocenters. The molecule has 148 valence electrons. The second-order valence-electron chi connectivity index (χ2n) is 6.40. The number of nitrogens with zero attached hydrogens (tertiary/aromatic N) is 4. The van der Waals surface area contributed by atoms with Crippen LogP contribution in [0.15, 0.2) is 36.4 Å². The molecular formula is C18H16N4O6Si. The van der Waals surface area contributed by atoms with Crippen LogP contribution in [0.2, 0.25) is 13.1 Å². The van der Waals surface area contributed by atoms with Gasteiger partial charge in [-0.15, -0.1) is 0 Å². The predicted octanol–water partition coefficient (Wildman–Crippen LogP) is 3.68. The molecule has 0 saturated heterocycles. The van der Waals surface area contributed by atoms with Crippen molar-refractivity contribution in [1.29, 1.82) is 10.5 Å². The number of nitriles is 2. The van der Waals surface area contributed by atoms with Gasteiger partial charge in [0.05, 0.1) is 57.5 Å². The fourth-order valence-corrected chi connectivity index (χ4v) is 3.49. The maximum absolute atomic E-state index is 11.2. The lowest BCUT2D eigenvalue weighted by Gasteiger charge is -2.23. The molecule has 0 aromatic heterocycles. The van der Waals surface area contributed by atoms with Crippen LogP contribution in [-0.2, 0) is 22.1 Å². The molecule has 2 aromatic rings. The van der Waals surface area contributed by atoms with E-state index in [2.05, 4.69) is 0 Å². The van der Waals surface area contributed by atoms with Crippen molar-refractivity contribution in [2.45, 2.75) is 26.3 Å². The average molecular weight is 412 g/mol. The van der Waals surface area contributed by atoms with Crippen LogP contribution in [0.5, 0.6) is 0 Å². The second-order valence-corrected chi connectivity index (χ2v) is 9.78. The maximum Gasteiger partial charge on any atom is 0.332 e. The van der Waals surface area contributed by atoms with Crippen molar-refractivity contribution in [2.24, 2.45) is 0 Å². The van der Waals surface area contributed by atoms with E-state index in [1.165, 1.54) is 36.4 Å². The summed E-state index contributed by atoms with van der Waals surface area (Å²) in [6.45, 7) is 3.21. The molecule has 0 atom stereocenters. The van der Waals surface area contributed by atoms with Crippen LogP contribution in [0.25, 0.3) is 0 Å². The first-order valence-corrected chi connectivity index (χ1v) is 11.1. The smallest absolute Gasteiger partial charge is 0.332 e. The Morgan fingerprint density at radius 3 is 1.55 bits per heavy atom. The summed E-state index contributed by atoms with van der Waals surface area (Å²) in [6.07, 6.45) is 0. The first kappa shape index (κ1) is 21.7. The van der Waals surface area contributed by atoms with Crippen molar-refractivity contribution in [3.63, 3.8) is 0 Å². The molecule has 10 nitrogen and oxygen atoms in total. The Hall–Kier alpha value is -3.64. The van der Waals surface area contributed by atoms with Crippen molar-refractivity contribution < 1.29 is 18.7 Å².